The summed E-state index contributed by atoms with van der Waals surface area (Å²) in [5, 5.41) is 3.62. The van der Waals surface area contributed by atoms with E-state index in [9.17, 15) is 4.79 Å². The molecule has 154 valence electrons. The summed E-state index contributed by atoms with van der Waals surface area (Å²) in [5.74, 6) is 1.05. The Kier molecular flexibility index (Phi) is 8.12. The zero-order valence-electron chi connectivity index (χ0n) is 17.2. The summed E-state index contributed by atoms with van der Waals surface area (Å²) in [6, 6.07) is 15.3. The summed E-state index contributed by atoms with van der Waals surface area (Å²) in [5.41, 5.74) is 2.90. The predicted molar refractivity (Wildman–Crippen MR) is 121 cm³/mol. The number of unbranched alkanes of at least 4 members (excludes halogenated alkanes) is 4. The second-order valence-electron chi connectivity index (χ2n) is 7.45. The Morgan fingerprint density at radius 1 is 1.00 bits per heavy atom. The lowest BCUT2D eigenvalue weighted by Gasteiger charge is -2.10. The number of rotatable bonds is 11. The van der Waals surface area contributed by atoms with Crippen LogP contribution >= 0.6 is 11.6 Å². The third-order valence-corrected chi connectivity index (χ3v) is 5.44. The predicted octanol–water partition coefficient (Wildman–Crippen LogP) is 6.02. The van der Waals surface area contributed by atoms with Gasteiger partial charge in [-0.1, -0.05) is 56.3 Å². The van der Waals surface area contributed by atoms with Gasteiger partial charge in [-0.25, -0.2) is 4.98 Å². The smallest absolute Gasteiger partial charge is 0.251 e. The zero-order chi connectivity index (χ0) is 20.5. The molecule has 0 saturated carbocycles. The van der Waals surface area contributed by atoms with E-state index in [2.05, 4.69) is 35.0 Å². The zero-order valence-corrected chi connectivity index (χ0v) is 17.9. The molecule has 1 heterocycles. The molecule has 3 rings (SSSR count). The molecule has 1 aromatic heterocycles. The first kappa shape index (κ1) is 21.4. The quantitative estimate of drug-likeness (QED) is 0.392. The van der Waals surface area contributed by atoms with Gasteiger partial charge >= 0.3 is 0 Å². The van der Waals surface area contributed by atoms with Crippen molar-refractivity contribution in [2.24, 2.45) is 0 Å². The summed E-state index contributed by atoms with van der Waals surface area (Å²) < 4.78 is 2.36. The van der Waals surface area contributed by atoms with Crippen molar-refractivity contribution < 1.29 is 4.79 Å². The fourth-order valence-electron chi connectivity index (χ4n) is 3.59. The number of hydrogen-bond donors (Lipinski definition) is 1. The number of nitrogens with zero attached hydrogens (tertiary/aromatic N) is 2. The summed E-state index contributed by atoms with van der Waals surface area (Å²) in [6.45, 7) is 3.88. The summed E-state index contributed by atoms with van der Waals surface area (Å²) >= 11 is 5.88. The Morgan fingerprint density at radius 2 is 1.76 bits per heavy atom. The molecular formula is C24H30ClN3O. The van der Waals surface area contributed by atoms with E-state index in [1.165, 1.54) is 37.6 Å². The van der Waals surface area contributed by atoms with Crippen molar-refractivity contribution in [1.29, 1.82) is 0 Å². The Hall–Kier alpha value is -2.33. The molecule has 0 aliphatic rings. The molecule has 0 bridgehead atoms. The van der Waals surface area contributed by atoms with E-state index < -0.39 is 0 Å². The van der Waals surface area contributed by atoms with Gasteiger partial charge < -0.3 is 9.88 Å². The number of aromatic nitrogens is 2. The average Bonchev–Trinajstić information content (AvgIpc) is 3.09. The lowest BCUT2D eigenvalue weighted by Crippen LogP contribution is -2.25. The van der Waals surface area contributed by atoms with Crippen molar-refractivity contribution in [3.8, 4) is 0 Å². The number of amides is 1. The Labute approximate surface area is 178 Å². The highest BCUT2D eigenvalue weighted by atomic mass is 35.5. The average molecular weight is 412 g/mol. The molecule has 0 aliphatic carbocycles. The first-order chi connectivity index (χ1) is 14.2. The Bertz CT molecular complexity index is 918. The van der Waals surface area contributed by atoms with Gasteiger partial charge in [-0.3, -0.25) is 4.79 Å². The molecule has 0 saturated heterocycles. The molecule has 0 fully saturated rings. The van der Waals surface area contributed by atoms with Crippen LogP contribution in [0.1, 0.15) is 61.6 Å². The minimum absolute atomic E-state index is 0.0638. The lowest BCUT2D eigenvalue weighted by atomic mass is 10.1. The van der Waals surface area contributed by atoms with E-state index in [1.807, 2.05) is 6.07 Å². The monoisotopic (exact) mass is 411 g/mol. The number of benzene rings is 2. The van der Waals surface area contributed by atoms with Gasteiger partial charge in [-0.2, -0.15) is 0 Å². The molecule has 1 amide bonds. The maximum Gasteiger partial charge on any atom is 0.251 e. The third-order valence-electron chi connectivity index (χ3n) is 5.19. The molecular weight excluding hydrogens is 382 g/mol. The molecule has 1 N–H and O–H groups in total. The minimum Gasteiger partial charge on any atom is -0.352 e. The van der Waals surface area contributed by atoms with Gasteiger partial charge in [0.1, 0.15) is 5.82 Å². The van der Waals surface area contributed by atoms with Gasteiger partial charge in [0.15, 0.2) is 0 Å². The molecule has 0 radical (unpaired) electrons. The van der Waals surface area contributed by atoms with Crippen LogP contribution in [0, 0.1) is 0 Å². The third kappa shape index (κ3) is 6.07. The van der Waals surface area contributed by atoms with E-state index in [0.29, 0.717) is 17.1 Å². The van der Waals surface area contributed by atoms with Crippen LogP contribution in [0.3, 0.4) is 0 Å². The molecule has 29 heavy (non-hydrogen) atoms. The first-order valence-corrected chi connectivity index (χ1v) is 11.0. The van der Waals surface area contributed by atoms with Gasteiger partial charge in [0, 0.05) is 30.1 Å². The number of nitrogens with one attached hydrogen (secondary N) is 1. The number of halogens is 1. The van der Waals surface area contributed by atoms with E-state index >= 15 is 0 Å². The Balaban J connectivity index is 1.55. The molecule has 4 nitrogen and oxygen atoms in total. The number of carbonyl (C=O) groups is 1. The van der Waals surface area contributed by atoms with Crippen LogP contribution in [0.15, 0.2) is 48.5 Å². The number of aryl methyl sites for hydroxylation is 2. The minimum atomic E-state index is -0.0638. The van der Waals surface area contributed by atoms with Crippen LogP contribution in [0.5, 0.6) is 0 Å². The maximum atomic E-state index is 12.2. The summed E-state index contributed by atoms with van der Waals surface area (Å²) in [6.07, 6.45) is 8.03. The van der Waals surface area contributed by atoms with Crippen molar-refractivity contribution in [3.05, 3.63) is 64.9 Å². The van der Waals surface area contributed by atoms with E-state index in [1.54, 1.807) is 24.3 Å². The topological polar surface area (TPSA) is 46.9 Å². The molecule has 0 aliphatic heterocycles. The van der Waals surface area contributed by atoms with Crippen LogP contribution in [-0.4, -0.2) is 22.0 Å². The number of fused-ring (bicyclic) bond motifs is 1. The standard InChI is InChI=1S/C24H30ClN3O/c1-2-3-4-5-8-18-28-22-11-7-6-10-21(22)27-23(28)12-9-17-26-24(29)19-13-15-20(25)16-14-19/h6-7,10-11,13-16H,2-5,8-9,12,17-18H2,1H3,(H,26,29). The van der Waals surface area contributed by atoms with Crippen molar-refractivity contribution in [2.45, 2.75) is 58.4 Å². The van der Waals surface area contributed by atoms with Gasteiger partial charge in [0.05, 0.1) is 11.0 Å². The fraction of sp³-hybridized carbons (Fsp3) is 0.417. The highest BCUT2D eigenvalue weighted by Gasteiger charge is 2.10. The van der Waals surface area contributed by atoms with Crippen LogP contribution in [0.25, 0.3) is 11.0 Å². The fourth-order valence-corrected chi connectivity index (χ4v) is 3.72. The van der Waals surface area contributed by atoms with E-state index in [-0.39, 0.29) is 5.91 Å². The molecule has 0 unspecified atom stereocenters. The molecule has 2 aromatic carbocycles. The Morgan fingerprint density at radius 3 is 2.55 bits per heavy atom. The second kappa shape index (κ2) is 11.0. The maximum absolute atomic E-state index is 12.2. The number of hydrogen-bond acceptors (Lipinski definition) is 2. The number of para-hydroxylation sites is 2. The molecule has 0 atom stereocenters. The van der Waals surface area contributed by atoms with Gasteiger partial charge in [-0.05, 0) is 49.2 Å². The molecule has 0 spiro atoms. The van der Waals surface area contributed by atoms with Crippen molar-refractivity contribution in [2.75, 3.05) is 6.54 Å². The van der Waals surface area contributed by atoms with Gasteiger partial charge in [0.2, 0.25) is 0 Å². The van der Waals surface area contributed by atoms with Crippen molar-refractivity contribution in [3.63, 3.8) is 0 Å². The largest absolute Gasteiger partial charge is 0.352 e. The van der Waals surface area contributed by atoms with Crippen molar-refractivity contribution in [1.82, 2.24) is 14.9 Å². The summed E-state index contributed by atoms with van der Waals surface area (Å²) in [7, 11) is 0. The SMILES string of the molecule is CCCCCCCn1c(CCCNC(=O)c2ccc(Cl)cc2)nc2ccccc21. The molecule has 5 heteroatoms. The number of imidazole rings is 1. The summed E-state index contributed by atoms with van der Waals surface area (Å²) in [4.78, 5) is 17.1. The first-order valence-electron chi connectivity index (χ1n) is 10.7. The van der Waals surface area contributed by atoms with Gasteiger partial charge in [-0.15, -0.1) is 0 Å². The lowest BCUT2D eigenvalue weighted by molar-refractivity contribution is 0.0953. The number of carbonyl (C=O) groups excluding carboxylic acids is 1. The highest BCUT2D eigenvalue weighted by Crippen LogP contribution is 2.18. The van der Waals surface area contributed by atoms with Gasteiger partial charge in [0.25, 0.3) is 5.91 Å². The van der Waals surface area contributed by atoms with Crippen LogP contribution in [-0.2, 0) is 13.0 Å². The normalized spacial score (nSPS) is 11.1. The van der Waals surface area contributed by atoms with Crippen molar-refractivity contribution >= 4 is 28.5 Å². The van der Waals surface area contributed by atoms with E-state index in [0.717, 1.165) is 30.7 Å². The second-order valence-corrected chi connectivity index (χ2v) is 7.89. The highest BCUT2D eigenvalue weighted by molar-refractivity contribution is 6.30. The van der Waals surface area contributed by atoms with Crippen LogP contribution in [0.4, 0.5) is 0 Å². The van der Waals surface area contributed by atoms with Crippen LogP contribution < -0.4 is 5.32 Å². The van der Waals surface area contributed by atoms with E-state index in [4.69, 9.17) is 16.6 Å². The molecule has 3 aromatic rings. The van der Waals surface area contributed by atoms with Crippen LogP contribution in [0.2, 0.25) is 5.02 Å².